The summed E-state index contributed by atoms with van der Waals surface area (Å²) in [7, 11) is -3.73. The summed E-state index contributed by atoms with van der Waals surface area (Å²) in [4.78, 5) is 8.41. The van der Waals surface area contributed by atoms with Gasteiger partial charge < -0.3 is 0 Å². The van der Waals surface area contributed by atoms with Gasteiger partial charge in [0.25, 0.3) is 10.0 Å². The number of nitrogens with zero attached hydrogens (tertiary/aromatic N) is 2. The maximum atomic E-state index is 13.1. The highest BCUT2D eigenvalue weighted by molar-refractivity contribution is 7.92. The van der Waals surface area contributed by atoms with Crippen molar-refractivity contribution in [2.24, 2.45) is 0 Å². The molecule has 0 fully saturated rings. The number of rotatable bonds is 5. The van der Waals surface area contributed by atoms with Gasteiger partial charge in [0.2, 0.25) is 0 Å². The summed E-state index contributed by atoms with van der Waals surface area (Å²) in [6.45, 7) is 9.00. The van der Waals surface area contributed by atoms with Gasteiger partial charge in [-0.25, -0.2) is 17.8 Å². The molecular weight excluding hydrogens is 433 g/mol. The fourth-order valence-corrected chi connectivity index (χ4v) is 5.69. The first kappa shape index (κ1) is 21.9. The van der Waals surface area contributed by atoms with Gasteiger partial charge in [0, 0.05) is 41.8 Å². The van der Waals surface area contributed by atoms with Crippen LogP contribution in [0.4, 0.5) is 10.1 Å². The normalized spacial score (nSPS) is 15.0. The maximum absolute atomic E-state index is 13.1. The van der Waals surface area contributed by atoms with Crippen LogP contribution in [0.15, 0.2) is 53.6 Å². The minimum absolute atomic E-state index is 0.0568. The van der Waals surface area contributed by atoms with Crippen LogP contribution in [0.25, 0.3) is 0 Å². The molecule has 0 saturated heterocycles. The second kappa shape index (κ2) is 8.33. The van der Waals surface area contributed by atoms with Crippen LogP contribution in [0.2, 0.25) is 0 Å². The smallest absolute Gasteiger partial charge is 0.261 e. The van der Waals surface area contributed by atoms with Crippen LogP contribution in [0.3, 0.4) is 0 Å². The third-order valence-corrected chi connectivity index (χ3v) is 8.04. The number of benzene rings is 2. The molecule has 0 saturated carbocycles. The Bertz CT molecular complexity index is 1180. The molecule has 2 aromatic carbocycles. The molecule has 0 radical (unpaired) electrons. The Morgan fingerprint density at radius 2 is 1.87 bits per heavy atom. The molecule has 0 bridgehead atoms. The zero-order chi connectivity index (χ0) is 22.2. The molecule has 0 unspecified atom stereocenters. The first-order chi connectivity index (χ1) is 14.6. The lowest BCUT2D eigenvalue weighted by Crippen LogP contribution is -2.30. The highest BCUT2D eigenvalue weighted by Gasteiger charge is 2.23. The lowest BCUT2D eigenvalue weighted by molar-refractivity contribution is 0.247. The second-order valence-corrected chi connectivity index (χ2v) is 11.7. The Hall–Kier alpha value is -2.29. The number of hydrogen-bond acceptors (Lipinski definition) is 5. The van der Waals surface area contributed by atoms with E-state index in [1.807, 2.05) is 12.3 Å². The molecule has 1 aliphatic rings. The van der Waals surface area contributed by atoms with E-state index in [0.717, 1.165) is 42.2 Å². The summed E-state index contributed by atoms with van der Waals surface area (Å²) in [5.41, 5.74) is 2.59. The number of anilines is 1. The zero-order valence-corrected chi connectivity index (χ0v) is 19.5. The minimum Gasteiger partial charge on any atom is -0.294 e. The molecule has 3 aromatic rings. The number of aromatic nitrogens is 1. The van der Waals surface area contributed by atoms with E-state index < -0.39 is 15.8 Å². The number of halogens is 1. The summed E-state index contributed by atoms with van der Waals surface area (Å²) < 4.78 is 41.1. The summed E-state index contributed by atoms with van der Waals surface area (Å²) in [6.07, 6.45) is 2.76. The average molecular weight is 460 g/mol. The summed E-state index contributed by atoms with van der Waals surface area (Å²) in [6, 6.07) is 10.6. The molecule has 0 spiro atoms. The Balaban J connectivity index is 1.46. The van der Waals surface area contributed by atoms with Crippen LogP contribution in [0.5, 0.6) is 0 Å². The van der Waals surface area contributed by atoms with E-state index in [0.29, 0.717) is 5.69 Å². The number of thiazole rings is 1. The van der Waals surface area contributed by atoms with Gasteiger partial charge in [0.1, 0.15) is 5.82 Å². The van der Waals surface area contributed by atoms with Gasteiger partial charge in [-0.1, -0.05) is 26.8 Å². The van der Waals surface area contributed by atoms with Crippen molar-refractivity contribution >= 4 is 27.0 Å². The summed E-state index contributed by atoms with van der Waals surface area (Å²) in [5.74, 6) is -0.408. The number of nitrogens with one attached hydrogen (secondary N) is 1. The standard InChI is InChI=1S/C23H26FN3O2S2/c1-23(2,3)22-25-13-20(30-22)15-27-11-10-16-12-21(9-4-17(16)14-27)31(28,29)26-19-7-5-18(24)6-8-19/h4-9,12-13,26H,10-11,14-15H2,1-3H3. The number of fused-ring (bicyclic) bond motifs is 1. The van der Waals surface area contributed by atoms with Gasteiger partial charge in [-0.05, 0) is 53.9 Å². The maximum Gasteiger partial charge on any atom is 0.261 e. The summed E-state index contributed by atoms with van der Waals surface area (Å²) in [5, 5.41) is 1.14. The van der Waals surface area contributed by atoms with Crippen molar-refractivity contribution in [3.8, 4) is 0 Å². The van der Waals surface area contributed by atoms with Gasteiger partial charge in [-0.2, -0.15) is 0 Å². The molecule has 0 atom stereocenters. The largest absolute Gasteiger partial charge is 0.294 e. The predicted molar refractivity (Wildman–Crippen MR) is 122 cm³/mol. The van der Waals surface area contributed by atoms with E-state index in [1.165, 1.54) is 29.1 Å². The Kier molecular flexibility index (Phi) is 5.89. The average Bonchev–Trinajstić information content (AvgIpc) is 3.18. The van der Waals surface area contributed by atoms with Gasteiger partial charge >= 0.3 is 0 Å². The number of sulfonamides is 1. The van der Waals surface area contributed by atoms with Crippen molar-refractivity contribution in [1.29, 1.82) is 0 Å². The Labute approximate surface area is 187 Å². The highest BCUT2D eigenvalue weighted by Crippen LogP contribution is 2.29. The van der Waals surface area contributed by atoms with Crippen molar-refractivity contribution in [3.63, 3.8) is 0 Å². The van der Waals surface area contributed by atoms with E-state index in [-0.39, 0.29) is 10.3 Å². The Morgan fingerprint density at radius 3 is 2.55 bits per heavy atom. The van der Waals surface area contributed by atoms with Crippen LogP contribution in [0, 0.1) is 5.82 Å². The van der Waals surface area contributed by atoms with E-state index in [9.17, 15) is 12.8 Å². The minimum atomic E-state index is -3.73. The molecule has 31 heavy (non-hydrogen) atoms. The molecule has 1 aliphatic heterocycles. The van der Waals surface area contributed by atoms with Crippen LogP contribution in [0.1, 0.15) is 41.8 Å². The van der Waals surface area contributed by atoms with Crippen LogP contribution >= 0.6 is 11.3 Å². The fraction of sp³-hybridized carbons (Fsp3) is 0.348. The molecule has 8 heteroatoms. The molecular formula is C23H26FN3O2S2. The molecule has 164 valence electrons. The molecule has 1 N–H and O–H groups in total. The van der Waals surface area contributed by atoms with Gasteiger partial charge in [-0.3, -0.25) is 9.62 Å². The third kappa shape index (κ3) is 5.14. The first-order valence-electron chi connectivity index (χ1n) is 10.2. The van der Waals surface area contributed by atoms with Crippen LogP contribution < -0.4 is 4.72 Å². The summed E-state index contributed by atoms with van der Waals surface area (Å²) >= 11 is 1.76. The first-order valence-corrected chi connectivity index (χ1v) is 12.5. The molecule has 5 nitrogen and oxygen atoms in total. The third-order valence-electron chi connectivity index (χ3n) is 5.25. The van der Waals surface area contributed by atoms with Crippen LogP contribution in [-0.2, 0) is 34.9 Å². The molecule has 0 amide bonds. The van der Waals surface area contributed by atoms with Crippen molar-refractivity contribution in [1.82, 2.24) is 9.88 Å². The molecule has 2 heterocycles. The SMILES string of the molecule is CC(C)(C)c1ncc(CN2CCc3cc(S(=O)(=O)Nc4ccc(F)cc4)ccc3C2)s1. The van der Waals surface area contributed by atoms with E-state index >= 15 is 0 Å². The van der Waals surface area contributed by atoms with Gasteiger partial charge in [0.05, 0.1) is 9.90 Å². The van der Waals surface area contributed by atoms with Crippen molar-refractivity contribution in [2.45, 2.75) is 50.6 Å². The monoisotopic (exact) mass is 459 g/mol. The Morgan fingerprint density at radius 1 is 1.13 bits per heavy atom. The van der Waals surface area contributed by atoms with E-state index in [4.69, 9.17) is 0 Å². The van der Waals surface area contributed by atoms with Crippen molar-refractivity contribution < 1.29 is 12.8 Å². The van der Waals surface area contributed by atoms with Crippen LogP contribution in [-0.4, -0.2) is 24.8 Å². The van der Waals surface area contributed by atoms with E-state index in [1.54, 1.807) is 23.5 Å². The highest BCUT2D eigenvalue weighted by atomic mass is 32.2. The van der Waals surface area contributed by atoms with Gasteiger partial charge in [0.15, 0.2) is 0 Å². The van der Waals surface area contributed by atoms with Crippen molar-refractivity contribution in [3.05, 3.63) is 75.5 Å². The topological polar surface area (TPSA) is 62.3 Å². The number of hydrogen-bond donors (Lipinski definition) is 1. The lowest BCUT2D eigenvalue weighted by atomic mass is 9.98. The van der Waals surface area contributed by atoms with E-state index in [2.05, 4.69) is 35.4 Å². The zero-order valence-electron chi connectivity index (χ0n) is 17.9. The predicted octanol–water partition coefficient (Wildman–Crippen LogP) is 4.94. The molecule has 1 aromatic heterocycles. The quantitative estimate of drug-likeness (QED) is 0.587. The fourth-order valence-electron chi connectivity index (χ4n) is 3.57. The van der Waals surface area contributed by atoms with Gasteiger partial charge in [-0.15, -0.1) is 11.3 Å². The molecule has 0 aliphatic carbocycles. The second-order valence-electron chi connectivity index (χ2n) is 8.89. The van der Waals surface area contributed by atoms with Crippen molar-refractivity contribution in [2.75, 3.05) is 11.3 Å². The molecule has 4 rings (SSSR count). The lowest BCUT2D eigenvalue weighted by Gasteiger charge is -2.28.